The Bertz CT molecular complexity index is 451. The van der Waals surface area contributed by atoms with Crippen molar-refractivity contribution in [1.82, 2.24) is 16.0 Å². The van der Waals surface area contributed by atoms with Crippen molar-refractivity contribution in [2.24, 2.45) is 10.7 Å². The monoisotopic (exact) mass is 557 g/mol. The topological polar surface area (TPSA) is 135 Å². The maximum absolute atomic E-state index is 8.11. The Labute approximate surface area is 239 Å². The maximum Gasteiger partial charge on any atom is 0.152 e. The van der Waals surface area contributed by atoms with Crippen molar-refractivity contribution in [3.05, 3.63) is 9.81 Å². The quantitative estimate of drug-likeness (QED) is 0.164. The third-order valence-electron chi connectivity index (χ3n) is 8.03. The third-order valence-corrected chi connectivity index (χ3v) is 8.03. The van der Waals surface area contributed by atoms with Gasteiger partial charge in [0, 0.05) is 36.3 Å². The Morgan fingerprint density at radius 1 is 0.462 bits per heavy atom. The van der Waals surface area contributed by atoms with Crippen molar-refractivity contribution in [1.29, 1.82) is 0 Å². The highest BCUT2D eigenvalue weighted by molar-refractivity contribution is 4.80. The van der Waals surface area contributed by atoms with Crippen LogP contribution in [0.3, 0.4) is 0 Å². The second-order valence-electron chi connectivity index (χ2n) is 12.3. The third kappa shape index (κ3) is 24.2. The van der Waals surface area contributed by atoms with E-state index in [-0.39, 0.29) is 0 Å². The standard InChI is InChI=1S/2C12H23N.C6H15N.2HNO2/c2*1-3-7-11(8-4-1)13-12-9-5-2-6-10-12;1-5(2)7-6(3)4;2*2-1-3/h2*11-13H,1-10H2;5-7H,1-4H3;2*(H,2,3). The first kappa shape index (κ1) is 37.7. The van der Waals surface area contributed by atoms with E-state index in [1.807, 2.05) is 0 Å². The summed E-state index contributed by atoms with van der Waals surface area (Å²) in [6, 6.07) is 4.74. The van der Waals surface area contributed by atoms with Crippen LogP contribution in [-0.2, 0) is 0 Å². The van der Waals surface area contributed by atoms with E-state index in [0.717, 1.165) is 24.2 Å². The van der Waals surface area contributed by atoms with E-state index < -0.39 is 0 Å². The summed E-state index contributed by atoms with van der Waals surface area (Å²) in [5.74, 6) is 0. The Kier molecular flexibility index (Phi) is 26.0. The van der Waals surface area contributed by atoms with E-state index in [1.54, 1.807) is 0 Å². The minimum Gasteiger partial charge on any atom is -0.379 e. The highest BCUT2D eigenvalue weighted by Crippen LogP contribution is 2.23. The summed E-state index contributed by atoms with van der Waals surface area (Å²) < 4.78 is 0. The number of hydrogen-bond donors (Lipinski definition) is 5. The molecule has 0 aromatic carbocycles. The number of rotatable bonds is 6. The van der Waals surface area contributed by atoms with E-state index in [0.29, 0.717) is 12.1 Å². The van der Waals surface area contributed by atoms with Crippen LogP contribution in [0.4, 0.5) is 0 Å². The molecule has 4 fully saturated rings. The molecule has 0 heterocycles. The molecule has 4 rings (SSSR count). The van der Waals surface area contributed by atoms with Crippen LogP contribution in [0.2, 0.25) is 0 Å². The molecule has 0 saturated heterocycles. The van der Waals surface area contributed by atoms with Crippen LogP contribution in [0.1, 0.15) is 156 Å². The molecule has 9 nitrogen and oxygen atoms in total. The lowest BCUT2D eigenvalue weighted by atomic mass is 9.91. The van der Waals surface area contributed by atoms with Crippen LogP contribution < -0.4 is 16.0 Å². The largest absolute Gasteiger partial charge is 0.379 e. The van der Waals surface area contributed by atoms with Gasteiger partial charge in [0.1, 0.15) is 0 Å². The predicted octanol–water partition coefficient (Wildman–Crippen LogP) is 8.16. The number of hydrogen-bond acceptors (Lipinski definition) is 7. The first-order valence-electron chi connectivity index (χ1n) is 16.1. The summed E-state index contributed by atoms with van der Waals surface area (Å²) >= 11 is 0. The normalized spacial score (nSPS) is 21.1. The zero-order valence-corrected chi connectivity index (χ0v) is 25.7. The zero-order valence-electron chi connectivity index (χ0n) is 25.7. The Hall–Kier alpha value is -1.32. The van der Waals surface area contributed by atoms with Crippen LogP contribution in [-0.4, -0.2) is 46.7 Å². The van der Waals surface area contributed by atoms with E-state index >= 15 is 0 Å². The van der Waals surface area contributed by atoms with Gasteiger partial charge in [0.15, 0.2) is 10.7 Å². The van der Waals surface area contributed by atoms with Crippen LogP contribution >= 0.6 is 0 Å². The summed E-state index contributed by atoms with van der Waals surface area (Å²) in [5, 5.41) is 26.8. The Balaban J connectivity index is 0.000000523. The fourth-order valence-electron chi connectivity index (χ4n) is 6.41. The maximum atomic E-state index is 8.11. The molecule has 0 bridgehead atoms. The van der Waals surface area contributed by atoms with E-state index in [2.05, 4.69) is 43.6 Å². The van der Waals surface area contributed by atoms with Gasteiger partial charge in [-0.25, -0.2) is 0 Å². The van der Waals surface area contributed by atoms with Gasteiger partial charge in [-0.15, -0.1) is 9.81 Å². The number of nitrogens with one attached hydrogen (secondary N) is 3. The van der Waals surface area contributed by atoms with Crippen LogP contribution in [0.5, 0.6) is 0 Å². The van der Waals surface area contributed by atoms with Crippen molar-refractivity contribution < 1.29 is 10.4 Å². The van der Waals surface area contributed by atoms with Crippen LogP contribution in [0.25, 0.3) is 0 Å². The van der Waals surface area contributed by atoms with Crippen molar-refractivity contribution >= 4 is 0 Å². The molecule has 0 aromatic heterocycles. The molecule has 0 radical (unpaired) electrons. The summed E-state index contributed by atoms with van der Waals surface area (Å²) in [4.78, 5) is 16.2. The van der Waals surface area contributed by atoms with Gasteiger partial charge in [-0.2, -0.15) is 0 Å². The fraction of sp³-hybridized carbons (Fsp3) is 1.00. The van der Waals surface area contributed by atoms with Gasteiger partial charge >= 0.3 is 0 Å². The van der Waals surface area contributed by atoms with Gasteiger partial charge in [-0.05, 0) is 51.4 Å². The molecule has 0 atom stereocenters. The van der Waals surface area contributed by atoms with Crippen molar-refractivity contribution in [2.45, 2.75) is 192 Å². The van der Waals surface area contributed by atoms with Crippen molar-refractivity contribution in [3.8, 4) is 0 Å². The lowest BCUT2D eigenvalue weighted by Crippen LogP contribution is -2.40. The van der Waals surface area contributed by atoms with Crippen LogP contribution in [0.15, 0.2) is 10.7 Å². The lowest BCUT2D eigenvalue weighted by Gasteiger charge is -2.30. The van der Waals surface area contributed by atoms with E-state index in [1.165, 1.54) is 139 Å². The summed E-state index contributed by atoms with van der Waals surface area (Å²) in [7, 11) is 0. The SMILES string of the molecule is C1CCC(NC2CCCCC2)CC1.C1CCC(NC2CCCCC2)CC1.CC(C)NC(C)C.O=NO.O=NO. The van der Waals surface area contributed by atoms with Gasteiger partial charge in [-0.1, -0.05) is 105 Å². The van der Waals surface area contributed by atoms with E-state index in [4.69, 9.17) is 20.2 Å². The second-order valence-corrected chi connectivity index (χ2v) is 12.3. The molecule has 4 aliphatic rings. The highest BCUT2D eigenvalue weighted by Gasteiger charge is 2.20. The molecule has 0 amide bonds. The van der Waals surface area contributed by atoms with Gasteiger partial charge in [0.2, 0.25) is 0 Å². The van der Waals surface area contributed by atoms with Crippen molar-refractivity contribution in [2.75, 3.05) is 0 Å². The molecule has 232 valence electrons. The molecule has 9 heteroatoms. The Morgan fingerprint density at radius 2 is 0.641 bits per heavy atom. The van der Waals surface area contributed by atoms with Gasteiger partial charge in [0.05, 0.1) is 0 Å². The summed E-state index contributed by atoms with van der Waals surface area (Å²) in [6.07, 6.45) is 29.1. The minimum atomic E-state index is 0.625. The molecule has 0 aliphatic heterocycles. The summed E-state index contributed by atoms with van der Waals surface area (Å²) in [6.45, 7) is 8.61. The molecule has 4 aliphatic carbocycles. The second kappa shape index (κ2) is 26.9. The van der Waals surface area contributed by atoms with Crippen molar-refractivity contribution in [3.63, 3.8) is 0 Å². The zero-order chi connectivity index (χ0) is 29.1. The van der Waals surface area contributed by atoms with Gasteiger partial charge < -0.3 is 26.4 Å². The van der Waals surface area contributed by atoms with Gasteiger partial charge in [0.25, 0.3) is 0 Å². The first-order chi connectivity index (χ1) is 18.9. The van der Waals surface area contributed by atoms with Crippen LogP contribution in [0, 0.1) is 9.81 Å². The molecule has 0 unspecified atom stereocenters. The van der Waals surface area contributed by atoms with Gasteiger partial charge in [-0.3, -0.25) is 0 Å². The summed E-state index contributed by atoms with van der Waals surface area (Å²) in [5.41, 5.74) is 0. The molecular formula is C30H63N5O4. The smallest absolute Gasteiger partial charge is 0.152 e. The predicted molar refractivity (Wildman–Crippen MR) is 162 cm³/mol. The lowest BCUT2D eigenvalue weighted by molar-refractivity contribution is 0.291. The minimum absolute atomic E-state index is 0.625. The highest BCUT2D eigenvalue weighted by atomic mass is 16.6. The molecule has 4 saturated carbocycles. The fourth-order valence-corrected chi connectivity index (χ4v) is 6.41. The molecule has 0 spiro atoms. The molecule has 0 aromatic rings. The molecular weight excluding hydrogens is 494 g/mol. The molecule has 39 heavy (non-hydrogen) atoms. The number of nitrogens with zero attached hydrogens (tertiary/aromatic N) is 2. The average molecular weight is 558 g/mol. The first-order valence-corrected chi connectivity index (χ1v) is 16.1. The average Bonchev–Trinajstić information content (AvgIpc) is 2.92. The van der Waals surface area contributed by atoms with E-state index in [9.17, 15) is 0 Å². The molecule has 5 N–H and O–H groups in total. The Morgan fingerprint density at radius 3 is 0.769 bits per heavy atom.